The van der Waals surface area contributed by atoms with Gasteiger partial charge in [-0.3, -0.25) is 4.79 Å². The first-order valence-corrected chi connectivity index (χ1v) is 10.3. The minimum absolute atomic E-state index is 0.193. The highest BCUT2D eigenvalue weighted by molar-refractivity contribution is 7.16. The van der Waals surface area contributed by atoms with Crippen LogP contribution in [0.1, 0.15) is 46.7 Å². The van der Waals surface area contributed by atoms with Gasteiger partial charge in [0.05, 0.1) is 15.7 Å². The van der Waals surface area contributed by atoms with E-state index < -0.39 is 0 Å². The van der Waals surface area contributed by atoms with E-state index in [9.17, 15) is 4.79 Å². The molecule has 3 aromatic rings. The number of nitrogens with one attached hydrogen (secondary N) is 1. The maximum absolute atomic E-state index is 12.8. The number of benzene rings is 2. The van der Waals surface area contributed by atoms with Crippen molar-refractivity contribution in [2.24, 2.45) is 5.92 Å². The van der Waals surface area contributed by atoms with Crippen LogP contribution >= 0.6 is 11.3 Å². The number of rotatable bonds is 7. The summed E-state index contributed by atoms with van der Waals surface area (Å²) in [6, 6.07) is 15.0. The van der Waals surface area contributed by atoms with Crippen LogP contribution in [0.25, 0.3) is 10.2 Å². The molecule has 2 atom stereocenters. The number of nitrogens with zero attached hydrogens (tertiary/aromatic N) is 1. The number of carbonyl (C=O) groups excluding carboxylic acids is 1. The normalized spacial score (nSPS) is 21.8. The van der Waals surface area contributed by atoms with Crippen LogP contribution in [0.2, 0.25) is 0 Å². The number of carbonyl (C=O) groups is 1. The van der Waals surface area contributed by atoms with Crippen molar-refractivity contribution in [3.8, 4) is 0 Å². The molecule has 0 aliphatic heterocycles. The Bertz CT molecular complexity index is 959. The molecule has 2 unspecified atom stereocenters. The Labute approximate surface area is 157 Å². The molecule has 5 rings (SSSR count). The molecule has 1 heterocycles. The van der Waals surface area contributed by atoms with Crippen molar-refractivity contribution in [3.05, 3.63) is 64.7 Å². The smallest absolute Gasteiger partial charge is 0.167 e. The first-order valence-electron chi connectivity index (χ1n) is 9.45. The fourth-order valence-electron chi connectivity index (χ4n) is 3.67. The third-order valence-electron chi connectivity index (χ3n) is 5.55. The van der Waals surface area contributed by atoms with Gasteiger partial charge < -0.3 is 5.32 Å². The summed E-state index contributed by atoms with van der Waals surface area (Å²) in [5.74, 6) is 1.69. The highest BCUT2D eigenvalue weighted by atomic mass is 32.1. The molecule has 0 saturated heterocycles. The molecule has 4 heteroatoms. The quantitative estimate of drug-likeness (QED) is 0.626. The van der Waals surface area contributed by atoms with E-state index in [1.54, 1.807) is 11.3 Å². The Morgan fingerprint density at radius 2 is 2.12 bits per heavy atom. The molecular formula is C22H22N2OS. The van der Waals surface area contributed by atoms with Crippen LogP contribution in [0.5, 0.6) is 0 Å². The summed E-state index contributed by atoms with van der Waals surface area (Å²) in [6.45, 7) is 1.17. The highest BCUT2D eigenvalue weighted by Crippen LogP contribution is 2.42. The predicted octanol–water partition coefficient (Wildman–Crippen LogP) is 4.58. The summed E-state index contributed by atoms with van der Waals surface area (Å²) in [4.78, 5) is 17.1. The first-order chi connectivity index (χ1) is 12.8. The van der Waals surface area contributed by atoms with Gasteiger partial charge in [0.1, 0.15) is 0 Å². The molecule has 2 fully saturated rings. The molecular weight excluding hydrogens is 340 g/mol. The van der Waals surface area contributed by atoms with Gasteiger partial charge in [0.2, 0.25) is 0 Å². The number of ketones is 1. The average molecular weight is 362 g/mol. The summed E-state index contributed by atoms with van der Waals surface area (Å²) < 4.78 is 1.15. The van der Waals surface area contributed by atoms with Gasteiger partial charge in [-0.2, -0.15) is 0 Å². The Morgan fingerprint density at radius 3 is 3.00 bits per heavy atom. The Kier molecular flexibility index (Phi) is 4.10. The molecule has 2 aliphatic carbocycles. The number of thiazole rings is 1. The van der Waals surface area contributed by atoms with Crippen LogP contribution in [0.4, 0.5) is 0 Å². The van der Waals surface area contributed by atoms with E-state index >= 15 is 0 Å². The van der Waals surface area contributed by atoms with Crippen molar-refractivity contribution >= 4 is 27.3 Å². The van der Waals surface area contributed by atoms with Crippen molar-refractivity contribution < 1.29 is 4.79 Å². The zero-order valence-corrected chi connectivity index (χ0v) is 15.5. The number of Topliss-reactive ketones (excluding diaryl/α,β-unsaturated/α-hetero) is 1. The molecule has 0 bridgehead atoms. The Morgan fingerprint density at radius 1 is 1.19 bits per heavy atom. The molecule has 2 saturated carbocycles. The van der Waals surface area contributed by atoms with E-state index in [-0.39, 0.29) is 5.78 Å². The van der Waals surface area contributed by atoms with E-state index in [1.165, 1.54) is 31.4 Å². The largest absolute Gasteiger partial charge is 0.313 e. The second kappa shape index (κ2) is 6.60. The standard InChI is InChI=1S/C22H22N2OS/c25-21(8-15-6-7-19-22(9-15)26-13-24-19)17-3-1-2-16(10-17)18-11-20(18)23-12-14-4-5-14/h1-3,6-7,9-10,13-14,18,20,23H,4-5,8,11-12H2. The molecule has 1 aromatic heterocycles. The lowest BCUT2D eigenvalue weighted by Gasteiger charge is -2.06. The maximum Gasteiger partial charge on any atom is 0.167 e. The van der Waals surface area contributed by atoms with Gasteiger partial charge in [0.15, 0.2) is 5.78 Å². The Hall–Kier alpha value is -2.04. The van der Waals surface area contributed by atoms with E-state index in [1.807, 2.05) is 29.8 Å². The molecule has 2 aromatic carbocycles. The summed E-state index contributed by atoms with van der Waals surface area (Å²) >= 11 is 1.62. The van der Waals surface area contributed by atoms with Crippen LogP contribution < -0.4 is 5.32 Å². The maximum atomic E-state index is 12.8. The monoisotopic (exact) mass is 362 g/mol. The minimum atomic E-state index is 0.193. The van der Waals surface area contributed by atoms with Crippen LogP contribution in [-0.4, -0.2) is 23.4 Å². The number of aromatic nitrogens is 1. The summed E-state index contributed by atoms with van der Waals surface area (Å²) in [7, 11) is 0. The summed E-state index contributed by atoms with van der Waals surface area (Å²) in [5.41, 5.74) is 6.06. The lowest BCUT2D eigenvalue weighted by molar-refractivity contribution is 0.0993. The molecule has 3 nitrogen and oxygen atoms in total. The zero-order chi connectivity index (χ0) is 17.5. The molecule has 26 heavy (non-hydrogen) atoms. The zero-order valence-electron chi connectivity index (χ0n) is 14.7. The van der Waals surface area contributed by atoms with Crippen molar-refractivity contribution in [2.45, 2.75) is 37.6 Å². The van der Waals surface area contributed by atoms with E-state index in [4.69, 9.17) is 0 Å². The number of hydrogen-bond acceptors (Lipinski definition) is 4. The third-order valence-corrected chi connectivity index (χ3v) is 6.34. The van der Waals surface area contributed by atoms with Gasteiger partial charge in [0, 0.05) is 23.9 Å². The number of fused-ring (bicyclic) bond motifs is 1. The van der Waals surface area contributed by atoms with Gasteiger partial charge in [-0.25, -0.2) is 4.98 Å². The van der Waals surface area contributed by atoms with E-state index in [0.29, 0.717) is 18.4 Å². The lowest BCUT2D eigenvalue weighted by Crippen LogP contribution is -2.20. The van der Waals surface area contributed by atoms with Gasteiger partial charge >= 0.3 is 0 Å². The molecule has 132 valence electrons. The Balaban J connectivity index is 1.26. The van der Waals surface area contributed by atoms with Crippen molar-refractivity contribution in [2.75, 3.05) is 6.54 Å². The van der Waals surface area contributed by atoms with Crippen molar-refractivity contribution in [1.29, 1.82) is 0 Å². The summed E-state index contributed by atoms with van der Waals surface area (Å²) in [6.07, 6.45) is 4.43. The van der Waals surface area contributed by atoms with Crippen LogP contribution in [0.3, 0.4) is 0 Å². The third kappa shape index (κ3) is 3.44. The summed E-state index contributed by atoms with van der Waals surface area (Å²) in [5, 5.41) is 3.68. The predicted molar refractivity (Wildman–Crippen MR) is 106 cm³/mol. The first kappa shape index (κ1) is 16.2. The highest BCUT2D eigenvalue weighted by Gasteiger charge is 2.39. The fraction of sp³-hybridized carbons (Fsp3) is 0.364. The topological polar surface area (TPSA) is 42.0 Å². The number of hydrogen-bond donors (Lipinski definition) is 1. The fourth-order valence-corrected chi connectivity index (χ4v) is 4.41. The van der Waals surface area contributed by atoms with Crippen molar-refractivity contribution in [1.82, 2.24) is 10.3 Å². The second-order valence-corrected chi connectivity index (χ2v) is 8.57. The molecule has 0 amide bonds. The second-order valence-electron chi connectivity index (χ2n) is 7.68. The van der Waals surface area contributed by atoms with Crippen LogP contribution in [0, 0.1) is 5.92 Å². The molecule has 2 aliphatic rings. The van der Waals surface area contributed by atoms with Gasteiger partial charge in [0.25, 0.3) is 0 Å². The van der Waals surface area contributed by atoms with Gasteiger partial charge in [-0.1, -0.05) is 24.3 Å². The van der Waals surface area contributed by atoms with Gasteiger partial charge in [-0.15, -0.1) is 11.3 Å². The average Bonchev–Trinajstić information content (AvgIpc) is 3.57. The molecule has 0 spiro atoms. The van der Waals surface area contributed by atoms with Crippen LogP contribution in [0.15, 0.2) is 48.0 Å². The minimum Gasteiger partial charge on any atom is -0.313 e. The van der Waals surface area contributed by atoms with E-state index in [0.717, 1.165) is 27.3 Å². The van der Waals surface area contributed by atoms with Crippen LogP contribution in [-0.2, 0) is 6.42 Å². The lowest BCUT2D eigenvalue weighted by atomic mass is 9.99. The molecule has 0 radical (unpaired) electrons. The van der Waals surface area contributed by atoms with E-state index in [2.05, 4.69) is 28.5 Å². The van der Waals surface area contributed by atoms with Crippen molar-refractivity contribution in [3.63, 3.8) is 0 Å². The SMILES string of the molecule is O=C(Cc1ccc2ncsc2c1)c1cccc(C2CC2NCC2CC2)c1. The van der Waals surface area contributed by atoms with Gasteiger partial charge in [-0.05, 0) is 61.1 Å². The molecule has 1 N–H and O–H groups in total.